The van der Waals surface area contributed by atoms with E-state index in [-0.39, 0.29) is 5.91 Å². The van der Waals surface area contributed by atoms with Gasteiger partial charge in [0.1, 0.15) is 0 Å². The number of rotatable bonds is 3. The molecule has 0 saturated carbocycles. The zero-order chi connectivity index (χ0) is 18.0. The Morgan fingerprint density at radius 1 is 1.08 bits per heavy atom. The molecule has 0 unspecified atom stereocenters. The molecule has 0 fully saturated rings. The third kappa shape index (κ3) is 3.62. The Hall–Kier alpha value is -2.50. The van der Waals surface area contributed by atoms with Crippen molar-refractivity contribution in [2.45, 2.75) is 13.0 Å². The predicted molar refractivity (Wildman–Crippen MR) is 98.6 cm³/mol. The summed E-state index contributed by atoms with van der Waals surface area (Å²) < 4.78 is 0. The Labute approximate surface area is 155 Å². The minimum Gasteiger partial charge on any atom is -0.327 e. The fraction of sp³-hybridized carbons (Fsp3) is 0.111. The van der Waals surface area contributed by atoms with Gasteiger partial charge in [-0.05, 0) is 30.7 Å². The molecule has 2 aromatic rings. The number of halogens is 2. The molecule has 1 heterocycles. The monoisotopic (exact) mass is 375 g/mol. The van der Waals surface area contributed by atoms with Gasteiger partial charge in [0.25, 0.3) is 5.91 Å². The third-order valence-electron chi connectivity index (χ3n) is 3.84. The molecule has 1 aliphatic rings. The minimum absolute atomic E-state index is 0.300. The predicted octanol–water partition coefficient (Wildman–Crippen LogP) is 4.26. The largest absolute Gasteiger partial charge is 0.327 e. The number of hydrogen-bond acceptors (Lipinski definition) is 2. The SMILES string of the molecule is CC1=C(C(=O)Nc2ccccc2)[C@H](c2cccc(Cl)c2Cl)NC(=O)N1. The molecule has 0 bridgehead atoms. The molecule has 3 amide bonds. The second-order valence-corrected chi connectivity index (χ2v) is 6.32. The van der Waals surface area contributed by atoms with E-state index in [1.54, 1.807) is 37.3 Å². The van der Waals surface area contributed by atoms with Gasteiger partial charge in [-0.15, -0.1) is 0 Å². The number of anilines is 1. The molecule has 7 heteroatoms. The van der Waals surface area contributed by atoms with E-state index in [2.05, 4.69) is 16.0 Å². The number of urea groups is 1. The van der Waals surface area contributed by atoms with Gasteiger partial charge in [-0.25, -0.2) is 4.79 Å². The Morgan fingerprint density at radius 2 is 1.80 bits per heavy atom. The standard InChI is InChI=1S/C18H15Cl2N3O2/c1-10-14(17(24)22-11-6-3-2-4-7-11)16(23-18(25)21-10)12-8-5-9-13(19)15(12)20/h2-9,16H,1H3,(H,22,24)(H2,21,23,25)/t16-/m0/s1. The Kier molecular flexibility index (Phi) is 4.97. The Bertz CT molecular complexity index is 866. The number of benzene rings is 2. The molecular weight excluding hydrogens is 361 g/mol. The second kappa shape index (κ2) is 7.17. The fourth-order valence-electron chi connectivity index (χ4n) is 2.69. The van der Waals surface area contributed by atoms with Gasteiger partial charge in [0, 0.05) is 11.4 Å². The van der Waals surface area contributed by atoms with Crippen molar-refractivity contribution >= 4 is 40.8 Å². The van der Waals surface area contributed by atoms with E-state index in [0.717, 1.165) is 0 Å². The van der Waals surface area contributed by atoms with Gasteiger partial charge in [0.2, 0.25) is 0 Å². The molecule has 1 atom stereocenters. The van der Waals surface area contributed by atoms with E-state index < -0.39 is 12.1 Å². The van der Waals surface area contributed by atoms with Crippen molar-refractivity contribution in [3.05, 3.63) is 75.4 Å². The highest BCUT2D eigenvalue weighted by molar-refractivity contribution is 6.42. The first-order chi connectivity index (χ1) is 12.0. The number of amides is 3. The topological polar surface area (TPSA) is 70.2 Å². The van der Waals surface area contributed by atoms with E-state index in [4.69, 9.17) is 23.2 Å². The fourth-order valence-corrected chi connectivity index (χ4v) is 3.11. The van der Waals surface area contributed by atoms with Crippen LogP contribution in [0.4, 0.5) is 10.5 Å². The normalized spacial score (nSPS) is 16.9. The quantitative estimate of drug-likeness (QED) is 0.749. The van der Waals surface area contributed by atoms with Crippen LogP contribution in [-0.2, 0) is 4.79 Å². The molecule has 3 N–H and O–H groups in total. The molecule has 0 spiro atoms. The van der Waals surface area contributed by atoms with Crippen molar-refractivity contribution in [3.8, 4) is 0 Å². The summed E-state index contributed by atoms with van der Waals surface area (Å²) in [5.74, 6) is -0.336. The van der Waals surface area contributed by atoms with E-state index in [1.807, 2.05) is 18.2 Å². The zero-order valence-corrected chi connectivity index (χ0v) is 14.8. The molecule has 0 aliphatic carbocycles. The van der Waals surface area contributed by atoms with Gasteiger partial charge >= 0.3 is 6.03 Å². The lowest BCUT2D eigenvalue weighted by Gasteiger charge is -2.29. The molecule has 3 rings (SSSR count). The average Bonchev–Trinajstić information content (AvgIpc) is 2.57. The number of carbonyl (C=O) groups excluding carboxylic acids is 2. The lowest BCUT2D eigenvalue weighted by molar-refractivity contribution is -0.113. The number of para-hydroxylation sites is 1. The van der Waals surface area contributed by atoms with E-state index in [1.165, 1.54) is 0 Å². The van der Waals surface area contributed by atoms with Crippen LogP contribution in [-0.4, -0.2) is 11.9 Å². The highest BCUT2D eigenvalue weighted by Crippen LogP contribution is 2.35. The summed E-state index contributed by atoms with van der Waals surface area (Å²) in [6.07, 6.45) is 0. The van der Waals surface area contributed by atoms with Crippen molar-refractivity contribution in [2.24, 2.45) is 0 Å². The van der Waals surface area contributed by atoms with Gasteiger partial charge < -0.3 is 16.0 Å². The molecule has 25 heavy (non-hydrogen) atoms. The van der Waals surface area contributed by atoms with Crippen molar-refractivity contribution in [1.82, 2.24) is 10.6 Å². The summed E-state index contributed by atoms with van der Waals surface area (Å²) in [7, 11) is 0. The second-order valence-electron chi connectivity index (χ2n) is 5.53. The maximum Gasteiger partial charge on any atom is 0.319 e. The van der Waals surface area contributed by atoms with E-state index in [9.17, 15) is 9.59 Å². The van der Waals surface area contributed by atoms with Crippen LogP contribution in [0.25, 0.3) is 0 Å². The molecule has 128 valence electrons. The zero-order valence-electron chi connectivity index (χ0n) is 13.3. The average molecular weight is 376 g/mol. The Morgan fingerprint density at radius 3 is 2.52 bits per heavy atom. The van der Waals surface area contributed by atoms with Crippen LogP contribution in [0.1, 0.15) is 18.5 Å². The lowest BCUT2D eigenvalue weighted by atomic mass is 9.94. The molecule has 0 aromatic heterocycles. The number of hydrogen-bond donors (Lipinski definition) is 3. The van der Waals surface area contributed by atoms with E-state index >= 15 is 0 Å². The summed E-state index contributed by atoms with van der Waals surface area (Å²) in [5, 5.41) is 8.84. The minimum atomic E-state index is -0.705. The summed E-state index contributed by atoms with van der Waals surface area (Å²) in [6, 6.07) is 13.1. The highest BCUT2D eigenvalue weighted by atomic mass is 35.5. The van der Waals surface area contributed by atoms with Crippen LogP contribution in [0.15, 0.2) is 59.8 Å². The number of allylic oxidation sites excluding steroid dienone is 1. The highest BCUT2D eigenvalue weighted by Gasteiger charge is 2.32. The van der Waals surface area contributed by atoms with Crippen molar-refractivity contribution in [1.29, 1.82) is 0 Å². The van der Waals surface area contributed by atoms with Crippen LogP contribution < -0.4 is 16.0 Å². The van der Waals surface area contributed by atoms with Crippen LogP contribution in [0.2, 0.25) is 10.0 Å². The number of carbonyl (C=O) groups is 2. The first kappa shape index (κ1) is 17.3. The first-order valence-electron chi connectivity index (χ1n) is 7.56. The summed E-state index contributed by atoms with van der Waals surface area (Å²) in [6.45, 7) is 1.67. The summed E-state index contributed by atoms with van der Waals surface area (Å²) in [5.41, 5.74) is 2.04. The van der Waals surface area contributed by atoms with Crippen LogP contribution in [0, 0.1) is 0 Å². The third-order valence-corrected chi connectivity index (χ3v) is 4.67. The van der Waals surface area contributed by atoms with Gasteiger partial charge in [-0.2, -0.15) is 0 Å². The van der Waals surface area contributed by atoms with Gasteiger partial charge in [0.05, 0.1) is 21.7 Å². The smallest absolute Gasteiger partial charge is 0.319 e. The number of nitrogens with one attached hydrogen (secondary N) is 3. The van der Waals surface area contributed by atoms with Crippen molar-refractivity contribution in [3.63, 3.8) is 0 Å². The molecule has 1 aliphatic heterocycles. The van der Waals surface area contributed by atoms with Crippen molar-refractivity contribution < 1.29 is 9.59 Å². The van der Waals surface area contributed by atoms with Crippen molar-refractivity contribution in [2.75, 3.05) is 5.32 Å². The van der Waals surface area contributed by atoms with Crippen LogP contribution >= 0.6 is 23.2 Å². The van der Waals surface area contributed by atoms with Crippen LogP contribution in [0.3, 0.4) is 0 Å². The maximum atomic E-state index is 12.8. The van der Waals surface area contributed by atoms with Gasteiger partial charge in [0.15, 0.2) is 0 Å². The van der Waals surface area contributed by atoms with Gasteiger partial charge in [-0.1, -0.05) is 53.5 Å². The molecule has 0 radical (unpaired) electrons. The lowest BCUT2D eigenvalue weighted by Crippen LogP contribution is -2.46. The summed E-state index contributed by atoms with van der Waals surface area (Å²) >= 11 is 12.4. The van der Waals surface area contributed by atoms with E-state index in [0.29, 0.717) is 32.6 Å². The van der Waals surface area contributed by atoms with Crippen LogP contribution in [0.5, 0.6) is 0 Å². The van der Waals surface area contributed by atoms with Gasteiger partial charge in [-0.3, -0.25) is 4.79 Å². The summed E-state index contributed by atoms with van der Waals surface area (Å²) in [4.78, 5) is 24.7. The maximum absolute atomic E-state index is 12.8. The molecule has 5 nitrogen and oxygen atoms in total. The Balaban J connectivity index is 2.01. The molecular formula is C18H15Cl2N3O2. The molecule has 0 saturated heterocycles. The molecule has 2 aromatic carbocycles. The first-order valence-corrected chi connectivity index (χ1v) is 8.31.